The summed E-state index contributed by atoms with van der Waals surface area (Å²) in [4.78, 5) is 2.41. The maximum absolute atomic E-state index is 13.7. The Bertz CT molecular complexity index is 568. The molecule has 1 rings (SSSR count). The van der Waals surface area contributed by atoms with Gasteiger partial charge in [-0.3, -0.25) is 0 Å². The topological polar surface area (TPSA) is 45.1 Å². The third-order valence-electron chi connectivity index (χ3n) is 2.57. The van der Waals surface area contributed by atoms with Gasteiger partial charge in [-0.2, -0.15) is 35.7 Å². The molecule has 0 fully saturated rings. The van der Waals surface area contributed by atoms with Crippen LogP contribution in [0.2, 0.25) is 0 Å². The van der Waals surface area contributed by atoms with E-state index in [-0.39, 0.29) is 0 Å². The highest BCUT2D eigenvalue weighted by atomic mass is 19.4. The van der Waals surface area contributed by atoms with Gasteiger partial charge in [0.15, 0.2) is 17.5 Å². The van der Waals surface area contributed by atoms with Gasteiger partial charge in [-0.1, -0.05) is 0 Å². The van der Waals surface area contributed by atoms with Gasteiger partial charge in [0, 0.05) is 6.54 Å². The summed E-state index contributed by atoms with van der Waals surface area (Å²) in [5.74, 6) is -10.0. The van der Waals surface area contributed by atoms with Gasteiger partial charge < -0.3 is 10.4 Å². The predicted octanol–water partition coefficient (Wildman–Crippen LogP) is 3.19. The van der Waals surface area contributed by atoms with Gasteiger partial charge in [0.25, 0.3) is 5.95 Å². The highest BCUT2D eigenvalue weighted by Gasteiger charge is 2.75. The van der Waals surface area contributed by atoms with E-state index in [0.717, 1.165) is 0 Å². The first-order valence-corrected chi connectivity index (χ1v) is 5.51. The lowest BCUT2D eigenvalue weighted by molar-refractivity contribution is -0.350. The Labute approximate surface area is 120 Å². The van der Waals surface area contributed by atoms with Crippen molar-refractivity contribution >= 4 is 5.82 Å². The molecule has 0 unspecified atom stereocenters. The number of aliphatic hydroxyl groups excluding tert-OH is 1. The van der Waals surface area contributed by atoms with E-state index in [9.17, 15) is 43.9 Å². The van der Waals surface area contributed by atoms with Gasteiger partial charge in [-0.05, 0) is 0 Å². The van der Waals surface area contributed by atoms with Crippen LogP contribution in [0.4, 0.5) is 49.7 Å². The van der Waals surface area contributed by atoms with Crippen molar-refractivity contribution in [1.82, 2.24) is 4.98 Å². The number of alkyl halides is 7. The smallest absolute Gasteiger partial charge is 0.395 e. The number of hydrogen-bond acceptors (Lipinski definition) is 3. The monoisotopic (exact) mass is 360 g/mol. The van der Waals surface area contributed by atoms with E-state index in [1.54, 1.807) is 5.32 Å². The molecular weight excluding hydrogens is 354 g/mol. The van der Waals surface area contributed by atoms with Gasteiger partial charge in [-0.15, -0.1) is 0 Å². The highest BCUT2D eigenvalue weighted by Crippen LogP contribution is 2.55. The Morgan fingerprint density at radius 3 is 1.74 bits per heavy atom. The Balaban J connectivity index is 3.77. The average molecular weight is 360 g/mol. The third kappa shape index (κ3) is 3.14. The summed E-state index contributed by atoms with van der Waals surface area (Å²) < 4.78 is 129. The minimum atomic E-state index is -6.84. The number of pyridine rings is 1. The van der Waals surface area contributed by atoms with Crippen LogP contribution in [0.5, 0.6) is 0 Å². The van der Waals surface area contributed by atoms with Gasteiger partial charge in [0.1, 0.15) is 0 Å². The molecule has 0 atom stereocenters. The minimum absolute atomic E-state index is 0.689. The quantitative estimate of drug-likeness (QED) is 0.641. The fourth-order valence-corrected chi connectivity index (χ4v) is 1.55. The lowest BCUT2D eigenvalue weighted by Gasteiger charge is -2.31. The predicted molar refractivity (Wildman–Crippen MR) is 54.6 cm³/mol. The molecule has 13 heteroatoms. The van der Waals surface area contributed by atoms with Crippen molar-refractivity contribution < 1.29 is 49.0 Å². The average Bonchev–Trinajstić information content (AvgIpc) is 2.38. The number of nitrogens with zero attached hydrogens (tertiary/aromatic N) is 1. The number of aromatic nitrogens is 1. The molecule has 0 saturated carbocycles. The van der Waals surface area contributed by atoms with Crippen molar-refractivity contribution in [1.29, 1.82) is 0 Å². The van der Waals surface area contributed by atoms with Gasteiger partial charge in [-0.25, -0.2) is 13.2 Å². The molecular formula is C10H6F10N2O. The molecule has 0 saturated heterocycles. The molecule has 1 aromatic heterocycles. The summed E-state index contributed by atoms with van der Waals surface area (Å²) in [6.07, 6.45) is -13.7. The first kappa shape index (κ1) is 19.3. The molecule has 0 amide bonds. The molecule has 132 valence electrons. The second-order valence-corrected chi connectivity index (χ2v) is 4.06. The molecule has 3 nitrogen and oxygen atoms in total. The van der Waals surface area contributed by atoms with Gasteiger partial charge >= 0.3 is 18.0 Å². The van der Waals surface area contributed by atoms with Crippen LogP contribution in [0.1, 0.15) is 5.56 Å². The minimum Gasteiger partial charge on any atom is -0.395 e. The van der Waals surface area contributed by atoms with E-state index < -0.39 is 60.1 Å². The first-order chi connectivity index (χ1) is 10.3. The van der Waals surface area contributed by atoms with Crippen LogP contribution < -0.4 is 5.32 Å². The molecule has 2 N–H and O–H groups in total. The third-order valence-corrected chi connectivity index (χ3v) is 2.57. The summed E-state index contributed by atoms with van der Waals surface area (Å²) in [7, 11) is 0. The van der Waals surface area contributed by atoms with Crippen molar-refractivity contribution in [2.75, 3.05) is 18.5 Å². The van der Waals surface area contributed by atoms with Crippen LogP contribution in [-0.2, 0) is 5.67 Å². The van der Waals surface area contributed by atoms with Crippen LogP contribution in [-0.4, -0.2) is 35.6 Å². The van der Waals surface area contributed by atoms with Gasteiger partial charge in [0.05, 0.1) is 12.2 Å². The maximum atomic E-state index is 13.7. The zero-order valence-electron chi connectivity index (χ0n) is 10.6. The molecule has 0 radical (unpaired) electrons. The maximum Gasteiger partial charge on any atom is 0.436 e. The number of nitrogens with one attached hydrogen (secondary N) is 1. The zero-order chi connectivity index (χ0) is 18.2. The summed E-state index contributed by atoms with van der Waals surface area (Å²) in [6.45, 7) is -1.50. The molecule has 0 bridgehead atoms. The van der Waals surface area contributed by atoms with E-state index in [2.05, 4.69) is 4.98 Å². The van der Waals surface area contributed by atoms with E-state index >= 15 is 0 Å². The van der Waals surface area contributed by atoms with Crippen molar-refractivity contribution in [2.24, 2.45) is 0 Å². The first-order valence-electron chi connectivity index (χ1n) is 5.51. The second-order valence-electron chi connectivity index (χ2n) is 4.06. The van der Waals surface area contributed by atoms with E-state index in [0.29, 0.717) is 0 Å². The number of hydrogen-bond donors (Lipinski definition) is 2. The Kier molecular flexibility index (Phi) is 5.04. The molecule has 0 spiro atoms. The van der Waals surface area contributed by atoms with E-state index in [1.165, 1.54) is 0 Å². The summed E-state index contributed by atoms with van der Waals surface area (Å²) in [6, 6.07) is 0. The van der Waals surface area contributed by atoms with E-state index in [4.69, 9.17) is 5.11 Å². The number of rotatable bonds is 4. The fourth-order valence-electron chi connectivity index (χ4n) is 1.55. The van der Waals surface area contributed by atoms with Crippen molar-refractivity contribution in [3.8, 4) is 0 Å². The van der Waals surface area contributed by atoms with Crippen LogP contribution in [0.15, 0.2) is 0 Å². The highest BCUT2D eigenvalue weighted by molar-refractivity contribution is 5.44. The SMILES string of the molecule is OCCNc1nc(F)c(F)c(C(F)(C(F)(F)F)C(F)(F)F)c1F. The lowest BCUT2D eigenvalue weighted by atomic mass is 9.93. The number of anilines is 1. The normalized spacial score (nSPS) is 13.3. The van der Waals surface area contributed by atoms with Crippen molar-refractivity contribution in [2.45, 2.75) is 18.0 Å². The molecule has 0 aliphatic carbocycles. The Morgan fingerprint density at radius 2 is 1.35 bits per heavy atom. The van der Waals surface area contributed by atoms with Crippen LogP contribution >= 0.6 is 0 Å². The number of aliphatic hydroxyl groups is 1. The van der Waals surface area contributed by atoms with E-state index in [1.807, 2.05) is 0 Å². The van der Waals surface area contributed by atoms with Crippen molar-refractivity contribution in [3.05, 3.63) is 23.1 Å². The van der Waals surface area contributed by atoms with Gasteiger partial charge in [0.2, 0.25) is 0 Å². The number of halogens is 10. The fraction of sp³-hybridized carbons (Fsp3) is 0.500. The Morgan fingerprint density at radius 1 is 0.870 bits per heavy atom. The molecule has 1 aromatic rings. The Hall–Kier alpha value is -1.79. The lowest BCUT2D eigenvalue weighted by Crippen LogP contribution is -2.51. The van der Waals surface area contributed by atoms with Crippen molar-refractivity contribution in [3.63, 3.8) is 0 Å². The zero-order valence-corrected chi connectivity index (χ0v) is 10.6. The van der Waals surface area contributed by atoms with Crippen LogP contribution in [0.3, 0.4) is 0 Å². The molecule has 0 aliphatic rings. The summed E-state index contributed by atoms with van der Waals surface area (Å²) >= 11 is 0. The summed E-state index contributed by atoms with van der Waals surface area (Å²) in [5.41, 5.74) is -9.74. The van der Waals surface area contributed by atoms with Crippen LogP contribution in [0, 0.1) is 17.6 Å². The molecule has 0 aromatic carbocycles. The van der Waals surface area contributed by atoms with Crippen LogP contribution in [0.25, 0.3) is 0 Å². The largest absolute Gasteiger partial charge is 0.436 e. The molecule has 0 aliphatic heterocycles. The summed E-state index contributed by atoms with van der Waals surface area (Å²) in [5, 5.41) is 10.0. The standard InChI is InChI=1S/C10H6F10N2O/c11-4-3(8(14,9(15,16)17)10(18,19)20)5(12)7(21-1-2-23)22-6(4)13/h23H,1-2H2,(H,21,22). The molecule has 1 heterocycles. The molecule has 23 heavy (non-hydrogen) atoms. The second kappa shape index (κ2) is 6.02.